The summed E-state index contributed by atoms with van der Waals surface area (Å²) in [4.78, 5) is 20.3. The molecule has 0 atom stereocenters. The molecule has 1 fully saturated rings. The lowest BCUT2D eigenvalue weighted by atomic mass is 10.1. The number of pyridine rings is 1. The summed E-state index contributed by atoms with van der Waals surface area (Å²) in [5.74, 6) is 1.07. The first kappa shape index (κ1) is 19.8. The van der Waals surface area contributed by atoms with Gasteiger partial charge in [0.15, 0.2) is 0 Å². The van der Waals surface area contributed by atoms with E-state index in [0.29, 0.717) is 6.42 Å². The minimum absolute atomic E-state index is 0.130. The molecule has 0 spiro atoms. The molecule has 4 nitrogen and oxygen atoms in total. The van der Waals surface area contributed by atoms with E-state index in [-0.39, 0.29) is 12.0 Å². The van der Waals surface area contributed by atoms with Crippen molar-refractivity contribution in [3.8, 4) is 5.75 Å². The maximum Gasteiger partial charge on any atom is 0.222 e. The fourth-order valence-corrected chi connectivity index (χ4v) is 4.18. The van der Waals surface area contributed by atoms with Gasteiger partial charge in [-0.3, -0.25) is 9.78 Å². The van der Waals surface area contributed by atoms with Gasteiger partial charge in [-0.1, -0.05) is 30.3 Å². The molecule has 5 heteroatoms. The third-order valence-electron chi connectivity index (χ3n) is 5.47. The molecule has 150 valence electrons. The molecule has 1 aromatic heterocycles. The highest BCUT2D eigenvalue weighted by Crippen LogP contribution is 2.26. The molecule has 3 aromatic rings. The first-order valence-electron chi connectivity index (χ1n) is 10.1. The zero-order chi connectivity index (χ0) is 20.1. The van der Waals surface area contributed by atoms with Crippen LogP contribution in [0.2, 0.25) is 0 Å². The van der Waals surface area contributed by atoms with E-state index in [0.717, 1.165) is 49.0 Å². The number of aryl methyl sites for hydroxylation is 1. The fourth-order valence-electron chi connectivity index (χ4n) is 3.78. The summed E-state index contributed by atoms with van der Waals surface area (Å²) >= 11 is 1.73. The third-order valence-corrected chi connectivity index (χ3v) is 6.21. The molecule has 0 aliphatic carbocycles. The zero-order valence-electron chi connectivity index (χ0n) is 16.7. The van der Waals surface area contributed by atoms with Gasteiger partial charge in [0.1, 0.15) is 17.4 Å². The summed E-state index contributed by atoms with van der Waals surface area (Å²) in [7, 11) is 0. The molecule has 1 aliphatic heterocycles. The van der Waals surface area contributed by atoms with Crippen molar-refractivity contribution >= 4 is 28.6 Å². The van der Waals surface area contributed by atoms with Crippen molar-refractivity contribution in [2.75, 3.05) is 19.3 Å². The van der Waals surface area contributed by atoms with Gasteiger partial charge in [0.25, 0.3) is 0 Å². The van der Waals surface area contributed by atoms with Gasteiger partial charge in [-0.05, 0) is 42.5 Å². The van der Waals surface area contributed by atoms with Crippen molar-refractivity contribution < 1.29 is 9.53 Å². The second-order valence-corrected chi connectivity index (χ2v) is 8.26. The number of nitrogens with zero attached hydrogens (tertiary/aromatic N) is 2. The van der Waals surface area contributed by atoms with Crippen molar-refractivity contribution in [2.45, 2.75) is 36.7 Å². The lowest BCUT2D eigenvalue weighted by molar-refractivity contribution is -0.132. The standard InChI is InChI=1S/C24H26N2O2S/c1-29-21-10-7-18(8-11-21)9-12-23(27)26-16-13-20(14-17-26)28-22-6-2-4-19-5-3-15-25-24(19)22/h2-8,10-11,15,20H,9,12-14,16-17H2,1H3. The number of fused-ring (bicyclic) bond motifs is 1. The Labute approximate surface area is 176 Å². The number of amides is 1. The number of piperidine rings is 1. The fraction of sp³-hybridized carbons (Fsp3) is 0.333. The van der Waals surface area contributed by atoms with Crippen molar-refractivity contribution in [1.29, 1.82) is 0 Å². The second kappa shape index (κ2) is 9.31. The SMILES string of the molecule is CSc1ccc(CCC(=O)N2CCC(Oc3cccc4cccnc34)CC2)cc1. The maximum atomic E-state index is 12.6. The van der Waals surface area contributed by atoms with Crippen LogP contribution in [0.1, 0.15) is 24.8 Å². The number of hydrogen-bond donors (Lipinski definition) is 0. The van der Waals surface area contributed by atoms with Crippen molar-refractivity contribution in [1.82, 2.24) is 9.88 Å². The van der Waals surface area contributed by atoms with Crippen molar-refractivity contribution in [2.24, 2.45) is 0 Å². The molecule has 0 radical (unpaired) electrons. The number of rotatable bonds is 6. The number of ether oxygens (including phenoxy) is 1. The van der Waals surface area contributed by atoms with Crippen LogP contribution in [0.4, 0.5) is 0 Å². The smallest absolute Gasteiger partial charge is 0.222 e. The van der Waals surface area contributed by atoms with E-state index in [2.05, 4.69) is 35.5 Å². The highest BCUT2D eigenvalue weighted by molar-refractivity contribution is 7.98. The van der Waals surface area contributed by atoms with Crippen LogP contribution in [0, 0.1) is 0 Å². The molecule has 0 saturated carbocycles. The topological polar surface area (TPSA) is 42.4 Å². The Balaban J connectivity index is 1.28. The number of carbonyl (C=O) groups is 1. The van der Waals surface area contributed by atoms with E-state index in [9.17, 15) is 4.79 Å². The molecular formula is C24H26N2O2S. The normalized spacial score (nSPS) is 14.9. The molecule has 1 amide bonds. The van der Waals surface area contributed by atoms with Gasteiger partial charge < -0.3 is 9.64 Å². The molecule has 1 saturated heterocycles. The summed E-state index contributed by atoms with van der Waals surface area (Å²) in [6.45, 7) is 1.51. The van der Waals surface area contributed by atoms with Crippen molar-refractivity contribution in [3.63, 3.8) is 0 Å². The molecular weight excluding hydrogens is 380 g/mol. The molecule has 0 unspecified atom stereocenters. The van der Waals surface area contributed by atoms with Gasteiger partial charge in [-0.15, -0.1) is 11.8 Å². The molecule has 1 aliphatic rings. The van der Waals surface area contributed by atoms with Crippen LogP contribution < -0.4 is 4.74 Å². The average Bonchev–Trinajstić information content (AvgIpc) is 2.78. The van der Waals surface area contributed by atoms with Crippen LogP contribution in [-0.2, 0) is 11.2 Å². The largest absolute Gasteiger partial charge is 0.488 e. The lowest BCUT2D eigenvalue weighted by Gasteiger charge is -2.32. The number of hydrogen-bond acceptors (Lipinski definition) is 4. The summed E-state index contributed by atoms with van der Waals surface area (Å²) in [5.41, 5.74) is 2.12. The van der Waals surface area contributed by atoms with E-state index in [1.807, 2.05) is 35.2 Å². The summed E-state index contributed by atoms with van der Waals surface area (Å²) in [5, 5.41) is 1.09. The Bertz CT molecular complexity index is 961. The van der Waals surface area contributed by atoms with E-state index in [1.165, 1.54) is 10.5 Å². The predicted octanol–water partition coefficient (Wildman–Crippen LogP) is 4.96. The highest BCUT2D eigenvalue weighted by atomic mass is 32.2. The summed E-state index contributed by atoms with van der Waals surface area (Å²) < 4.78 is 6.25. The van der Waals surface area contributed by atoms with Gasteiger partial charge in [-0.2, -0.15) is 0 Å². The quantitative estimate of drug-likeness (QED) is 0.543. The van der Waals surface area contributed by atoms with Crippen LogP contribution in [0.3, 0.4) is 0 Å². The van der Waals surface area contributed by atoms with Gasteiger partial charge in [0.2, 0.25) is 5.91 Å². The number of carbonyl (C=O) groups excluding carboxylic acids is 1. The van der Waals surface area contributed by atoms with Gasteiger partial charge in [-0.25, -0.2) is 0 Å². The Hall–Kier alpha value is -2.53. The average molecular weight is 407 g/mol. The molecule has 2 aromatic carbocycles. The highest BCUT2D eigenvalue weighted by Gasteiger charge is 2.24. The van der Waals surface area contributed by atoms with Gasteiger partial charge >= 0.3 is 0 Å². The number of aromatic nitrogens is 1. The lowest BCUT2D eigenvalue weighted by Crippen LogP contribution is -2.41. The number of thioether (sulfide) groups is 1. The number of likely N-dealkylation sites (tertiary alicyclic amines) is 1. The third kappa shape index (κ3) is 4.91. The minimum atomic E-state index is 0.130. The molecule has 4 rings (SSSR count). The van der Waals surface area contributed by atoms with E-state index in [4.69, 9.17) is 4.74 Å². The van der Waals surface area contributed by atoms with Crippen LogP contribution >= 0.6 is 11.8 Å². The molecule has 0 bridgehead atoms. The maximum absolute atomic E-state index is 12.6. The Kier molecular flexibility index (Phi) is 6.35. The predicted molar refractivity (Wildman–Crippen MR) is 119 cm³/mol. The molecule has 29 heavy (non-hydrogen) atoms. The first-order valence-corrected chi connectivity index (χ1v) is 11.4. The molecule has 2 heterocycles. The van der Waals surface area contributed by atoms with Crippen molar-refractivity contribution in [3.05, 3.63) is 66.4 Å². The van der Waals surface area contributed by atoms with Gasteiger partial charge in [0, 0.05) is 48.8 Å². The minimum Gasteiger partial charge on any atom is -0.488 e. The van der Waals surface area contributed by atoms with Crippen LogP contribution in [0.15, 0.2) is 65.7 Å². The van der Waals surface area contributed by atoms with Crippen LogP contribution in [-0.4, -0.2) is 41.2 Å². The Morgan fingerprint density at radius 3 is 2.62 bits per heavy atom. The van der Waals surface area contributed by atoms with Crippen LogP contribution in [0.25, 0.3) is 10.9 Å². The molecule has 0 N–H and O–H groups in total. The van der Waals surface area contributed by atoms with Crippen LogP contribution in [0.5, 0.6) is 5.75 Å². The van der Waals surface area contributed by atoms with E-state index in [1.54, 1.807) is 18.0 Å². The van der Waals surface area contributed by atoms with E-state index >= 15 is 0 Å². The Morgan fingerprint density at radius 1 is 1.10 bits per heavy atom. The van der Waals surface area contributed by atoms with Gasteiger partial charge in [0.05, 0.1) is 0 Å². The second-order valence-electron chi connectivity index (χ2n) is 7.38. The Morgan fingerprint density at radius 2 is 1.86 bits per heavy atom. The monoisotopic (exact) mass is 406 g/mol. The first-order chi connectivity index (χ1) is 14.2. The number of para-hydroxylation sites is 1. The summed E-state index contributed by atoms with van der Waals surface area (Å²) in [6.07, 6.45) is 7.08. The van der Waals surface area contributed by atoms with E-state index < -0.39 is 0 Å². The number of benzene rings is 2. The summed E-state index contributed by atoms with van der Waals surface area (Å²) in [6, 6.07) is 18.5. The zero-order valence-corrected chi connectivity index (χ0v) is 17.5.